The third-order valence-corrected chi connectivity index (χ3v) is 4.46. The van der Waals surface area contributed by atoms with E-state index < -0.39 is 0 Å². The number of aryl methyl sites for hydroxylation is 1. The van der Waals surface area contributed by atoms with E-state index in [1.54, 1.807) is 6.07 Å². The first kappa shape index (κ1) is 15.0. The molecule has 0 aliphatic heterocycles. The molecule has 0 spiro atoms. The first-order chi connectivity index (χ1) is 9.52. The lowest BCUT2D eigenvalue weighted by Gasteiger charge is -2.13. The highest BCUT2D eigenvalue weighted by Crippen LogP contribution is 2.31. The summed E-state index contributed by atoms with van der Waals surface area (Å²) < 4.78 is 15.9. The Morgan fingerprint density at radius 3 is 2.75 bits per heavy atom. The monoisotopic (exact) mass is 294 g/mol. The van der Waals surface area contributed by atoms with Gasteiger partial charge in [-0.2, -0.15) is 0 Å². The molecule has 0 saturated carbocycles. The van der Waals surface area contributed by atoms with Gasteiger partial charge in [0, 0.05) is 23.5 Å². The van der Waals surface area contributed by atoms with E-state index in [1.165, 1.54) is 17.8 Å². The van der Waals surface area contributed by atoms with Crippen LogP contribution in [0.2, 0.25) is 0 Å². The lowest BCUT2D eigenvalue weighted by Crippen LogP contribution is -2.22. The molecule has 0 fully saturated rings. The van der Waals surface area contributed by atoms with E-state index in [1.807, 2.05) is 31.5 Å². The van der Waals surface area contributed by atoms with Gasteiger partial charge in [0.05, 0.1) is 0 Å². The number of benzene rings is 1. The highest BCUT2D eigenvalue weighted by atomic mass is 32.2. The van der Waals surface area contributed by atoms with Crippen LogP contribution >= 0.6 is 11.8 Å². The van der Waals surface area contributed by atoms with Gasteiger partial charge in [-0.05, 0) is 43.7 Å². The average molecular weight is 294 g/mol. The fourth-order valence-electron chi connectivity index (χ4n) is 1.81. The molecule has 0 radical (unpaired) electrons. The molecule has 108 valence electrons. The van der Waals surface area contributed by atoms with Crippen LogP contribution in [0.4, 0.5) is 4.39 Å². The molecule has 0 amide bonds. The number of aromatic nitrogens is 3. The second kappa shape index (κ2) is 6.37. The Kier molecular flexibility index (Phi) is 4.77. The molecule has 0 aliphatic carbocycles. The largest absolute Gasteiger partial charge is 0.327 e. The zero-order valence-corrected chi connectivity index (χ0v) is 12.7. The van der Waals surface area contributed by atoms with Crippen LogP contribution < -0.4 is 5.73 Å². The van der Waals surface area contributed by atoms with Crippen LogP contribution in [-0.4, -0.2) is 20.8 Å². The summed E-state index contributed by atoms with van der Waals surface area (Å²) >= 11 is 1.42. The van der Waals surface area contributed by atoms with Gasteiger partial charge < -0.3 is 10.3 Å². The maximum absolute atomic E-state index is 14.0. The molecule has 2 N–H and O–H groups in total. The summed E-state index contributed by atoms with van der Waals surface area (Å²) in [5, 5.41) is 8.87. The molecule has 1 heterocycles. The topological polar surface area (TPSA) is 56.7 Å². The molecule has 2 rings (SSSR count). The predicted octanol–water partition coefficient (Wildman–Crippen LogP) is 2.69. The fourth-order valence-corrected chi connectivity index (χ4v) is 2.81. The van der Waals surface area contributed by atoms with E-state index >= 15 is 0 Å². The highest BCUT2D eigenvalue weighted by molar-refractivity contribution is 7.99. The zero-order valence-electron chi connectivity index (χ0n) is 11.9. The number of hydrogen-bond donors (Lipinski definition) is 1. The first-order valence-electron chi connectivity index (χ1n) is 6.59. The van der Waals surface area contributed by atoms with Crippen molar-refractivity contribution in [1.82, 2.24) is 14.8 Å². The molecule has 1 unspecified atom stereocenters. The molecule has 1 aromatic carbocycles. The predicted molar refractivity (Wildman–Crippen MR) is 78.2 cm³/mol. The van der Waals surface area contributed by atoms with Crippen molar-refractivity contribution < 1.29 is 4.39 Å². The third-order valence-electron chi connectivity index (χ3n) is 3.32. The van der Waals surface area contributed by atoms with Gasteiger partial charge in [0.2, 0.25) is 0 Å². The number of hydrogen-bond acceptors (Lipinski definition) is 4. The molecule has 2 aromatic rings. The van der Waals surface area contributed by atoms with Crippen LogP contribution in [0.15, 0.2) is 28.3 Å². The van der Waals surface area contributed by atoms with Gasteiger partial charge >= 0.3 is 0 Å². The Morgan fingerprint density at radius 1 is 1.40 bits per heavy atom. The SMILES string of the molecule is CCC(N)Cc1c(F)cccc1Sc1nnc(C)n1C. The van der Waals surface area contributed by atoms with Crippen LogP contribution in [0.5, 0.6) is 0 Å². The van der Waals surface area contributed by atoms with Crippen molar-refractivity contribution in [3.8, 4) is 0 Å². The lowest BCUT2D eigenvalue weighted by atomic mass is 10.0. The molecule has 0 bridgehead atoms. The Labute approximate surface area is 122 Å². The van der Waals surface area contributed by atoms with Gasteiger partial charge in [-0.3, -0.25) is 0 Å². The van der Waals surface area contributed by atoms with Crippen LogP contribution in [0, 0.1) is 12.7 Å². The normalized spacial score (nSPS) is 12.7. The van der Waals surface area contributed by atoms with E-state index in [0.717, 1.165) is 22.3 Å². The van der Waals surface area contributed by atoms with Gasteiger partial charge in [-0.15, -0.1) is 10.2 Å². The minimum atomic E-state index is -0.210. The molecule has 4 nitrogen and oxygen atoms in total. The van der Waals surface area contributed by atoms with Crippen molar-refractivity contribution in [2.75, 3.05) is 0 Å². The summed E-state index contributed by atoms with van der Waals surface area (Å²) in [5.74, 6) is 0.619. The third kappa shape index (κ3) is 3.19. The summed E-state index contributed by atoms with van der Waals surface area (Å²) in [6.07, 6.45) is 1.35. The van der Waals surface area contributed by atoms with Crippen LogP contribution in [0.25, 0.3) is 0 Å². The highest BCUT2D eigenvalue weighted by Gasteiger charge is 2.15. The Bertz CT molecular complexity index is 597. The number of nitrogens with zero attached hydrogens (tertiary/aromatic N) is 3. The minimum absolute atomic E-state index is 0.0347. The van der Waals surface area contributed by atoms with E-state index in [9.17, 15) is 4.39 Å². The maximum atomic E-state index is 14.0. The number of halogens is 1. The fraction of sp³-hybridized carbons (Fsp3) is 0.429. The van der Waals surface area contributed by atoms with Crippen LogP contribution in [0.1, 0.15) is 24.7 Å². The second-order valence-corrected chi connectivity index (χ2v) is 5.79. The summed E-state index contributed by atoms with van der Waals surface area (Å²) in [4.78, 5) is 0.851. The quantitative estimate of drug-likeness (QED) is 0.921. The van der Waals surface area contributed by atoms with Crippen molar-refractivity contribution in [2.24, 2.45) is 12.8 Å². The molecule has 6 heteroatoms. The Hall–Kier alpha value is -1.40. The summed E-state index contributed by atoms with van der Waals surface area (Å²) in [6.45, 7) is 3.89. The van der Waals surface area contributed by atoms with Crippen LogP contribution in [-0.2, 0) is 13.5 Å². The van der Waals surface area contributed by atoms with Crippen molar-refractivity contribution in [3.63, 3.8) is 0 Å². The molecular formula is C14H19FN4S. The standard InChI is InChI=1S/C14H19FN4S/c1-4-10(16)8-11-12(15)6-5-7-13(11)20-14-18-17-9(2)19(14)3/h5-7,10H,4,8,16H2,1-3H3. The van der Waals surface area contributed by atoms with Crippen molar-refractivity contribution in [1.29, 1.82) is 0 Å². The van der Waals surface area contributed by atoms with Crippen molar-refractivity contribution >= 4 is 11.8 Å². The summed E-state index contributed by atoms with van der Waals surface area (Å²) in [5.41, 5.74) is 6.62. The van der Waals surface area contributed by atoms with E-state index in [-0.39, 0.29) is 11.9 Å². The van der Waals surface area contributed by atoms with Crippen LogP contribution in [0.3, 0.4) is 0 Å². The van der Waals surface area contributed by atoms with Gasteiger partial charge in [0.25, 0.3) is 0 Å². The Morgan fingerprint density at radius 2 is 2.15 bits per heavy atom. The van der Waals surface area contributed by atoms with Gasteiger partial charge in [0.15, 0.2) is 5.16 Å². The molecule has 0 saturated heterocycles. The molecular weight excluding hydrogens is 275 g/mol. The van der Waals surface area contributed by atoms with Gasteiger partial charge in [0.1, 0.15) is 11.6 Å². The van der Waals surface area contributed by atoms with Crippen molar-refractivity contribution in [3.05, 3.63) is 35.4 Å². The molecule has 20 heavy (non-hydrogen) atoms. The first-order valence-corrected chi connectivity index (χ1v) is 7.41. The minimum Gasteiger partial charge on any atom is -0.327 e. The van der Waals surface area contributed by atoms with E-state index in [2.05, 4.69) is 10.2 Å². The lowest BCUT2D eigenvalue weighted by molar-refractivity contribution is 0.571. The summed E-state index contributed by atoms with van der Waals surface area (Å²) in [7, 11) is 1.90. The number of nitrogens with two attached hydrogens (primary N) is 1. The maximum Gasteiger partial charge on any atom is 0.195 e. The smallest absolute Gasteiger partial charge is 0.195 e. The molecule has 0 aliphatic rings. The van der Waals surface area contributed by atoms with Crippen molar-refractivity contribution in [2.45, 2.75) is 42.8 Å². The van der Waals surface area contributed by atoms with Gasteiger partial charge in [-0.25, -0.2) is 4.39 Å². The van der Waals surface area contributed by atoms with E-state index in [0.29, 0.717) is 12.0 Å². The second-order valence-electron chi connectivity index (χ2n) is 4.78. The van der Waals surface area contributed by atoms with E-state index in [4.69, 9.17) is 5.73 Å². The van der Waals surface area contributed by atoms with Gasteiger partial charge in [-0.1, -0.05) is 13.0 Å². The molecule has 1 atom stereocenters. The summed E-state index contributed by atoms with van der Waals surface area (Å²) in [6, 6.07) is 5.05. The number of rotatable bonds is 5. The molecule has 1 aromatic heterocycles. The Balaban J connectivity index is 2.31. The zero-order chi connectivity index (χ0) is 14.7. The average Bonchev–Trinajstić information content (AvgIpc) is 2.74.